The second kappa shape index (κ2) is 7.24. The number of rotatable bonds is 5. The van der Waals surface area contributed by atoms with Gasteiger partial charge in [-0.2, -0.15) is 0 Å². The van der Waals surface area contributed by atoms with E-state index in [2.05, 4.69) is 22.3 Å². The van der Waals surface area contributed by atoms with Crippen LogP contribution in [-0.2, 0) is 17.6 Å². The standard InChI is InChI=1S/C24H28N2O3/c27-22(17-6-7-21-18(8-17)9-23(28)25-21)15-26-13-19-11-24(29,12-20(19)14-26)10-16-4-2-1-3-5-16/h1-8,19-20,22,27,29H,9-15H2,(H,25,28)/t19-,20?,22?,24?/m0/s1. The molecule has 1 aliphatic carbocycles. The highest BCUT2D eigenvalue weighted by molar-refractivity contribution is 5.99. The summed E-state index contributed by atoms with van der Waals surface area (Å²) in [4.78, 5) is 13.9. The van der Waals surface area contributed by atoms with Gasteiger partial charge in [-0.05, 0) is 47.4 Å². The van der Waals surface area contributed by atoms with E-state index in [0.717, 1.165) is 49.2 Å². The number of carbonyl (C=O) groups is 1. The molecule has 0 radical (unpaired) electrons. The summed E-state index contributed by atoms with van der Waals surface area (Å²) >= 11 is 0. The summed E-state index contributed by atoms with van der Waals surface area (Å²) in [5.41, 5.74) is 3.31. The number of aliphatic hydroxyl groups excluding tert-OH is 1. The Balaban J connectivity index is 1.18. The number of hydrogen-bond donors (Lipinski definition) is 3. The maximum atomic E-state index is 11.5. The third kappa shape index (κ3) is 3.82. The highest BCUT2D eigenvalue weighted by atomic mass is 16.3. The first-order chi connectivity index (χ1) is 14.0. The van der Waals surface area contributed by atoms with Gasteiger partial charge in [0.2, 0.25) is 5.91 Å². The van der Waals surface area contributed by atoms with Crippen LogP contribution in [0.5, 0.6) is 0 Å². The number of amides is 1. The first-order valence-corrected chi connectivity index (χ1v) is 10.6. The van der Waals surface area contributed by atoms with Crippen molar-refractivity contribution in [1.82, 2.24) is 4.90 Å². The zero-order valence-electron chi connectivity index (χ0n) is 16.6. The Kier molecular flexibility index (Phi) is 4.69. The Hall–Kier alpha value is -2.21. The van der Waals surface area contributed by atoms with Crippen LogP contribution in [0, 0.1) is 11.8 Å². The lowest BCUT2D eigenvalue weighted by Crippen LogP contribution is -2.33. The number of carbonyl (C=O) groups excluding carboxylic acids is 1. The van der Waals surface area contributed by atoms with Crippen molar-refractivity contribution in [3.05, 3.63) is 65.2 Å². The van der Waals surface area contributed by atoms with Gasteiger partial charge in [0, 0.05) is 31.7 Å². The topological polar surface area (TPSA) is 72.8 Å². The van der Waals surface area contributed by atoms with Crippen molar-refractivity contribution >= 4 is 11.6 Å². The second-order valence-electron chi connectivity index (χ2n) is 9.19. The SMILES string of the molecule is O=C1Cc2cc(C(O)CN3CC4CC(O)(Cc5ccccc5)C[C@H]4C3)ccc2N1. The van der Waals surface area contributed by atoms with Crippen LogP contribution >= 0.6 is 0 Å². The Morgan fingerprint density at radius 3 is 2.55 bits per heavy atom. The number of hydrogen-bond acceptors (Lipinski definition) is 4. The molecule has 3 aliphatic rings. The van der Waals surface area contributed by atoms with Crippen molar-refractivity contribution in [3.63, 3.8) is 0 Å². The highest BCUT2D eigenvalue weighted by Crippen LogP contribution is 2.45. The predicted molar refractivity (Wildman–Crippen MR) is 111 cm³/mol. The van der Waals surface area contributed by atoms with Crippen LogP contribution in [-0.4, -0.2) is 46.3 Å². The Labute approximate surface area is 171 Å². The van der Waals surface area contributed by atoms with Gasteiger partial charge in [0.25, 0.3) is 0 Å². The number of likely N-dealkylation sites (tertiary alicyclic amines) is 1. The van der Waals surface area contributed by atoms with Gasteiger partial charge in [0.1, 0.15) is 0 Å². The molecule has 1 amide bonds. The molecule has 0 aromatic heterocycles. The molecule has 1 saturated heterocycles. The minimum absolute atomic E-state index is 0.0157. The van der Waals surface area contributed by atoms with Crippen LogP contribution in [0.2, 0.25) is 0 Å². The molecule has 29 heavy (non-hydrogen) atoms. The van der Waals surface area contributed by atoms with Crippen LogP contribution in [0.25, 0.3) is 0 Å². The van der Waals surface area contributed by atoms with Gasteiger partial charge in [-0.3, -0.25) is 9.69 Å². The van der Waals surface area contributed by atoms with E-state index in [-0.39, 0.29) is 5.91 Å². The normalized spacial score (nSPS) is 29.5. The predicted octanol–water partition coefficient (Wildman–Crippen LogP) is 2.53. The second-order valence-corrected chi connectivity index (χ2v) is 9.19. The van der Waals surface area contributed by atoms with E-state index in [1.165, 1.54) is 5.56 Å². The quantitative estimate of drug-likeness (QED) is 0.731. The van der Waals surface area contributed by atoms with Gasteiger partial charge >= 0.3 is 0 Å². The van der Waals surface area contributed by atoms with Gasteiger partial charge in [0.15, 0.2) is 0 Å². The Morgan fingerprint density at radius 1 is 1.10 bits per heavy atom. The molecule has 2 aromatic rings. The molecule has 2 fully saturated rings. The maximum absolute atomic E-state index is 11.5. The van der Waals surface area contributed by atoms with Crippen LogP contribution in [0.3, 0.4) is 0 Å². The number of nitrogens with one attached hydrogen (secondary N) is 1. The molecule has 3 N–H and O–H groups in total. The number of benzene rings is 2. The molecule has 0 spiro atoms. The number of anilines is 1. The van der Waals surface area contributed by atoms with Gasteiger partial charge in [-0.1, -0.05) is 42.5 Å². The summed E-state index contributed by atoms with van der Waals surface area (Å²) in [6.45, 7) is 2.47. The zero-order chi connectivity index (χ0) is 20.0. The molecule has 4 atom stereocenters. The molecule has 2 heterocycles. The van der Waals surface area contributed by atoms with Crippen molar-refractivity contribution in [1.29, 1.82) is 0 Å². The van der Waals surface area contributed by atoms with Gasteiger partial charge in [0.05, 0.1) is 18.1 Å². The van der Waals surface area contributed by atoms with Crippen molar-refractivity contribution in [2.24, 2.45) is 11.8 Å². The smallest absolute Gasteiger partial charge is 0.228 e. The first-order valence-electron chi connectivity index (χ1n) is 10.6. The average molecular weight is 392 g/mol. The lowest BCUT2D eigenvalue weighted by molar-refractivity contribution is -0.115. The van der Waals surface area contributed by atoms with E-state index in [1.807, 2.05) is 36.4 Å². The molecule has 2 aliphatic heterocycles. The molecule has 2 aromatic carbocycles. The third-order valence-electron chi connectivity index (χ3n) is 6.88. The zero-order valence-corrected chi connectivity index (χ0v) is 16.6. The van der Waals surface area contributed by atoms with Gasteiger partial charge in [-0.25, -0.2) is 0 Å². The monoisotopic (exact) mass is 392 g/mol. The van der Waals surface area contributed by atoms with Crippen LogP contribution in [0.1, 0.15) is 35.6 Å². The largest absolute Gasteiger partial charge is 0.390 e. The first kappa shape index (κ1) is 18.8. The lowest BCUT2D eigenvalue weighted by Gasteiger charge is -2.27. The van der Waals surface area contributed by atoms with Crippen molar-refractivity contribution < 1.29 is 15.0 Å². The Morgan fingerprint density at radius 2 is 1.83 bits per heavy atom. The van der Waals surface area contributed by atoms with Crippen molar-refractivity contribution in [3.8, 4) is 0 Å². The van der Waals surface area contributed by atoms with Crippen LogP contribution in [0.15, 0.2) is 48.5 Å². The molecule has 5 heteroatoms. The van der Waals surface area contributed by atoms with E-state index >= 15 is 0 Å². The maximum Gasteiger partial charge on any atom is 0.228 e. The third-order valence-corrected chi connectivity index (χ3v) is 6.88. The highest BCUT2D eigenvalue weighted by Gasteiger charge is 2.48. The summed E-state index contributed by atoms with van der Waals surface area (Å²) in [5, 5.41) is 24.7. The van der Waals surface area contributed by atoms with Gasteiger partial charge in [-0.15, -0.1) is 0 Å². The summed E-state index contributed by atoms with van der Waals surface area (Å²) in [7, 11) is 0. The molecule has 152 valence electrons. The fraction of sp³-hybridized carbons (Fsp3) is 0.458. The van der Waals surface area contributed by atoms with E-state index in [9.17, 15) is 15.0 Å². The minimum Gasteiger partial charge on any atom is -0.390 e. The number of aliphatic hydroxyl groups is 2. The van der Waals surface area contributed by atoms with Crippen LogP contribution in [0.4, 0.5) is 5.69 Å². The molecule has 3 unspecified atom stereocenters. The van der Waals surface area contributed by atoms with E-state index < -0.39 is 11.7 Å². The summed E-state index contributed by atoms with van der Waals surface area (Å²) in [6, 6.07) is 16.0. The molecule has 5 nitrogen and oxygen atoms in total. The fourth-order valence-corrected chi connectivity index (χ4v) is 5.63. The summed E-state index contributed by atoms with van der Waals surface area (Å²) < 4.78 is 0. The fourth-order valence-electron chi connectivity index (χ4n) is 5.63. The number of fused-ring (bicyclic) bond motifs is 2. The summed E-state index contributed by atoms with van der Waals surface area (Å²) in [5.74, 6) is 1.01. The van der Waals surface area contributed by atoms with Gasteiger partial charge < -0.3 is 15.5 Å². The number of nitrogens with zero attached hydrogens (tertiary/aromatic N) is 1. The molecule has 1 saturated carbocycles. The molecular formula is C24H28N2O3. The van der Waals surface area contributed by atoms with Crippen LogP contribution < -0.4 is 5.32 Å². The Bertz CT molecular complexity index is 900. The average Bonchev–Trinajstić information content (AvgIpc) is 3.31. The summed E-state index contributed by atoms with van der Waals surface area (Å²) in [6.07, 6.45) is 2.24. The van der Waals surface area contributed by atoms with Crippen molar-refractivity contribution in [2.45, 2.75) is 37.4 Å². The minimum atomic E-state index is -0.596. The lowest BCUT2D eigenvalue weighted by atomic mass is 9.91. The van der Waals surface area contributed by atoms with Crippen molar-refractivity contribution in [2.75, 3.05) is 25.0 Å². The molecule has 0 bridgehead atoms. The van der Waals surface area contributed by atoms with E-state index in [1.54, 1.807) is 0 Å². The molecular weight excluding hydrogens is 364 g/mol. The molecule has 5 rings (SSSR count). The van der Waals surface area contributed by atoms with E-state index in [4.69, 9.17) is 0 Å². The van der Waals surface area contributed by atoms with E-state index in [0.29, 0.717) is 24.8 Å². The number of β-amino-alcohol motifs (C(OH)–C–C–N with tert-alkyl or cyclic N) is 1.